The molecule has 0 radical (unpaired) electrons. The van der Waals surface area contributed by atoms with Crippen molar-refractivity contribution in [2.24, 2.45) is 0 Å². The van der Waals surface area contributed by atoms with Crippen molar-refractivity contribution in [3.63, 3.8) is 0 Å². The Morgan fingerprint density at radius 2 is 1.95 bits per heavy atom. The standard InChI is InChI=1S/C26H27FN6O3S/c1-17-13-19(15-29-23(17)28-2)32-24(35)26(7-4-8-26)33(25(32)37)18-5-6-21(20(27)14-18)36-16-22(34)31-11-9-30(3)10-12-31/h5-6,13-15H,4,7-12,16H2,1,3H3. The third-order valence-corrected chi connectivity index (χ3v) is 7.74. The van der Waals surface area contributed by atoms with E-state index < -0.39 is 11.4 Å². The van der Waals surface area contributed by atoms with Crippen LogP contribution < -0.4 is 14.5 Å². The Hall–Kier alpha value is -3.62. The van der Waals surface area contributed by atoms with E-state index in [0.29, 0.717) is 42.9 Å². The third-order valence-electron chi connectivity index (χ3n) is 7.37. The number of anilines is 2. The van der Waals surface area contributed by atoms with Gasteiger partial charge in [0.2, 0.25) is 0 Å². The van der Waals surface area contributed by atoms with E-state index in [9.17, 15) is 9.59 Å². The van der Waals surface area contributed by atoms with E-state index in [0.717, 1.165) is 19.5 Å². The molecule has 0 N–H and O–H groups in total. The van der Waals surface area contributed by atoms with E-state index in [-0.39, 0.29) is 35.1 Å². The molecule has 1 aromatic heterocycles. The number of aromatic nitrogens is 1. The average molecular weight is 523 g/mol. The van der Waals surface area contributed by atoms with Gasteiger partial charge in [0.05, 0.1) is 5.69 Å². The number of amides is 2. The quantitative estimate of drug-likeness (QED) is 0.441. The second-order valence-corrected chi connectivity index (χ2v) is 10.0. The van der Waals surface area contributed by atoms with Gasteiger partial charge in [0, 0.05) is 37.9 Å². The molecule has 1 aromatic carbocycles. The normalized spacial score (nSPS) is 19.2. The molecule has 2 aromatic rings. The Morgan fingerprint density at radius 1 is 1.22 bits per heavy atom. The number of nitrogens with zero attached hydrogens (tertiary/aromatic N) is 6. The van der Waals surface area contributed by atoms with Crippen molar-refractivity contribution in [3.8, 4) is 5.75 Å². The van der Waals surface area contributed by atoms with E-state index in [1.54, 1.807) is 28.9 Å². The number of pyridine rings is 1. The Bertz CT molecular complexity index is 1320. The lowest BCUT2D eigenvalue weighted by Crippen LogP contribution is -2.55. The number of halogens is 1. The monoisotopic (exact) mass is 522 g/mol. The summed E-state index contributed by atoms with van der Waals surface area (Å²) in [5.74, 6) is -0.762. The molecule has 3 fully saturated rings. The second kappa shape index (κ2) is 9.68. The fraction of sp³-hybridized carbons (Fsp3) is 0.423. The summed E-state index contributed by atoms with van der Waals surface area (Å²) in [4.78, 5) is 40.6. The first-order valence-electron chi connectivity index (χ1n) is 12.2. The number of rotatable bonds is 5. The van der Waals surface area contributed by atoms with Gasteiger partial charge in [-0.2, -0.15) is 0 Å². The highest BCUT2D eigenvalue weighted by molar-refractivity contribution is 7.81. The summed E-state index contributed by atoms with van der Waals surface area (Å²) in [6.07, 6.45) is 3.50. The lowest BCUT2D eigenvalue weighted by Gasteiger charge is -2.43. The number of aryl methyl sites for hydroxylation is 1. The summed E-state index contributed by atoms with van der Waals surface area (Å²) < 4.78 is 20.7. The summed E-state index contributed by atoms with van der Waals surface area (Å²) in [5, 5.41) is 0.236. The zero-order valence-electron chi connectivity index (χ0n) is 20.7. The highest BCUT2D eigenvalue weighted by Gasteiger charge is 2.59. The van der Waals surface area contributed by atoms with Gasteiger partial charge in [-0.05, 0) is 69.2 Å². The number of carbonyl (C=O) groups excluding carboxylic acids is 2. The molecule has 37 heavy (non-hydrogen) atoms. The molecule has 0 bridgehead atoms. The first-order valence-corrected chi connectivity index (χ1v) is 12.6. The van der Waals surface area contributed by atoms with Gasteiger partial charge < -0.3 is 24.3 Å². The van der Waals surface area contributed by atoms with E-state index in [4.69, 9.17) is 23.5 Å². The van der Waals surface area contributed by atoms with Crippen LogP contribution in [0.15, 0.2) is 30.5 Å². The van der Waals surface area contributed by atoms with Crippen molar-refractivity contribution in [2.45, 2.75) is 31.7 Å². The highest BCUT2D eigenvalue weighted by Crippen LogP contribution is 2.48. The van der Waals surface area contributed by atoms with Crippen molar-refractivity contribution in [3.05, 3.63) is 53.3 Å². The van der Waals surface area contributed by atoms with Crippen LogP contribution in [0.1, 0.15) is 24.8 Å². The van der Waals surface area contributed by atoms with Gasteiger partial charge in [-0.1, -0.05) is 6.57 Å². The number of piperazine rings is 1. The van der Waals surface area contributed by atoms with Crippen LogP contribution in [0.3, 0.4) is 0 Å². The average Bonchev–Trinajstić information content (AvgIpc) is 3.10. The molecule has 9 nitrogen and oxygen atoms in total. The van der Waals surface area contributed by atoms with E-state index in [2.05, 4.69) is 14.7 Å². The van der Waals surface area contributed by atoms with Crippen LogP contribution in [0, 0.1) is 19.3 Å². The molecule has 1 saturated carbocycles. The van der Waals surface area contributed by atoms with Gasteiger partial charge in [-0.15, -0.1) is 4.98 Å². The van der Waals surface area contributed by atoms with Crippen LogP contribution >= 0.6 is 12.2 Å². The molecule has 0 atom stereocenters. The lowest BCUT2D eigenvalue weighted by atomic mass is 9.75. The Labute approximate surface area is 220 Å². The van der Waals surface area contributed by atoms with Gasteiger partial charge in [-0.25, -0.2) is 4.39 Å². The maximum absolute atomic E-state index is 15.1. The van der Waals surface area contributed by atoms with Crippen LogP contribution in [0.2, 0.25) is 0 Å². The van der Waals surface area contributed by atoms with Crippen LogP contribution in [-0.2, 0) is 9.59 Å². The molecule has 3 aliphatic rings. The summed E-state index contributed by atoms with van der Waals surface area (Å²) in [6, 6.07) is 6.15. The number of carbonyl (C=O) groups is 2. The zero-order valence-corrected chi connectivity index (χ0v) is 21.6. The minimum absolute atomic E-state index is 0.0308. The molecule has 5 rings (SSSR count). The van der Waals surface area contributed by atoms with Crippen LogP contribution in [0.5, 0.6) is 5.75 Å². The van der Waals surface area contributed by atoms with E-state index >= 15 is 4.39 Å². The zero-order chi connectivity index (χ0) is 26.3. The maximum Gasteiger partial charge on any atom is 0.272 e. The maximum atomic E-state index is 15.1. The smallest absolute Gasteiger partial charge is 0.272 e. The Morgan fingerprint density at radius 3 is 2.54 bits per heavy atom. The molecule has 2 aliphatic heterocycles. The fourth-order valence-electron chi connectivity index (χ4n) is 5.03. The molecule has 3 heterocycles. The minimum Gasteiger partial charge on any atom is -0.481 e. The molecule has 1 spiro atoms. The Kier molecular flexibility index (Phi) is 6.56. The second-order valence-electron chi connectivity index (χ2n) is 9.68. The van der Waals surface area contributed by atoms with E-state index in [1.807, 2.05) is 7.05 Å². The minimum atomic E-state index is -0.879. The van der Waals surface area contributed by atoms with Crippen molar-refractivity contribution >= 4 is 46.3 Å². The number of hydrogen-bond donors (Lipinski definition) is 0. The van der Waals surface area contributed by atoms with Gasteiger partial charge in [0.15, 0.2) is 23.3 Å². The fourth-order valence-corrected chi connectivity index (χ4v) is 5.50. The molecular weight excluding hydrogens is 495 g/mol. The number of thiocarbonyl (C=S) groups is 1. The van der Waals surface area contributed by atoms with Crippen LogP contribution in [0.4, 0.5) is 21.6 Å². The van der Waals surface area contributed by atoms with Gasteiger partial charge in [0.1, 0.15) is 11.7 Å². The largest absolute Gasteiger partial charge is 0.481 e. The summed E-state index contributed by atoms with van der Waals surface area (Å²) in [5.41, 5.74) is 0.688. The first-order chi connectivity index (χ1) is 17.7. The number of hydrogen-bond acceptors (Lipinski definition) is 6. The number of ether oxygens (including phenoxy) is 1. The predicted octanol–water partition coefficient (Wildman–Crippen LogP) is 3.29. The SMILES string of the molecule is [C-]#[N+]c1ncc(N2C(=O)C3(CCC3)N(c3ccc(OCC(=O)N4CCN(C)CC4)c(F)c3)C2=S)cc1C. The van der Waals surface area contributed by atoms with Gasteiger partial charge in [-0.3, -0.25) is 14.5 Å². The van der Waals surface area contributed by atoms with Crippen molar-refractivity contribution in [1.29, 1.82) is 0 Å². The highest BCUT2D eigenvalue weighted by atomic mass is 32.1. The van der Waals surface area contributed by atoms with Crippen molar-refractivity contribution in [1.82, 2.24) is 14.8 Å². The Balaban J connectivity index is 1.36. The molecule has 0 unspecified atom stereocenters. The third kappa shape index (κ3) is 4.30. The summed E-state index contributed by atoms with van der Waals surface area (Å²) in [7, 11) is 2.01. The number of likely N-dealkylation sites (N-methyl/N-ethyl adjacent to an activating group) is 1. The first kappa shape index (κ1) is 25.0. The molecule has 11 heteroatoms. The summed E-state index contributed by atoms with van der Waals surface area (Å²) >= 11 is 5.73. The summed E-state index contributed by atoms with van der Waals surface area (Å²) in [6.45, 7) is 11.6. The lowest BCUT2D eigenvalue weighted by molar-refractivity contribution is -0.135. The molecule has 2 saturated heterocycles. The molecule has 1 aliphatic carbocycles. The molecular formula is C26H27FN6O3S. The van der Waals surface area contributed by atoms with Crippen LogP contribution in [-0.4, -0.2) is 77.1 Å². The van der Waals surface area contributed by atoms with Crippen molar-refractivity contribution < 1.29 is 18.7 Å². The van der Waals surface area contributed by atoms with Crippen molar-refractivity contribution in [2.75, 3.05) is 49.6 Å². The molecule has 192 valence electrons. The molecule has 2 amide bonds. The topological polar surface area (TPSA) is 73.6 Å². The van der Waals surface area contributed by atoms with Gasteiger partial charge in [0.25, 0.3) is 17.6 Å². The number of benzene rings is 1. The van der Waals surface area contributed by atoms with Gasteiger partial charge >= 0.3 is 0 Å². The van der Waals surface area contributed by atoms with Crippen LogP contribution in [0.25, 0.3) is 4.85 Å². The van der Waals surface area contributed by atoms with E-state index in [1.165, 1.54) is 23.2 Å². The predicted molar refractivity (Wildman–Crippen MR) is 140 cm³/mol.